The van der Waals surface area contributed by atoms with E-state index in [-0.39, 0.29) is 0 Å². The second-order valence-corrected chi connectivity index (χ2v) is 5.21. The van der Waals surface area contributed by atoms with Crippen LogP contribution < -0.4 is 5.32 Å². The summed E-state index contributed by atoms with van der Waals surface area (Å²) in [4.78, 5) is 0. The summed E-state index contributed by atoms with van der Waals surface area (Å²) in [5.74, 6) is 0. The number of rotatable bonds is 8. The average Bonchev–Trinajstić information content (AvgIpc) is 2.37. The van der Waals surface area contributed by atoms with E-state index in [4.69, 9.17) is 0 Å². The van der Waals surface area contributed by atoms with Crippen LogP contribution >= 0.6 is 0 Å². The minimum Gasteiger partial charge on any atom is -0.311 e. The molecule has 0 bridgehead atoms. The fraction of sp³-hybridized carbons (Fsp3) is 0.529. The predicted octanol–water partition coefficient (Wildman–Crippen LogP) is 4.65. The van der Waals surface area contributed by atoms with Gasteiger partial charge in [0.15, 0.2) is 0 Å². The maximum atomic E-state index is 3.52. The van der Waals surface area contributed by atoms with E-state index in [1.165, 1.54) is 36.8 Å². The van der Waals surface area contributed by atoms with Gasteiger partial charge in [0.1, 0.15) is 0 Å². The van der Waals surface area contributed by atoms with E-state index in [0.717, 1.165) is 6.54 Å². The van der Waals surface area contributed by atoms with E-state index in [1.807, 2.05) is 0 Å². The second kappa shape index (κ2) is 8.93. The van der Waals surface area contributed by atoms with Gasteiger partial charge in [-0.1, -0.05) is 75.6 Å². The Morgan fingerprint density at radius 2 is 1.89 bits per heavy atom. The summed E-state index contributed by atoms with van der Waals surface area (Å²) in [5, 5.41) is 3.52. The standard InChI is InChI=1S/C17H27N/c1-4-5-7-12-17(14-18-15(2)3)13-16-10-8-6-9-11-16/h6,8-11,13,15,18H,4-5,7,12,14H2,1-3H3/b17-13+. The van der Waals surface area contributed by atoms with Crippen molar-refractivity contribution < 1.29 is 0 Å². The van der Waals surface area contributed by atoms with Crippen molar-refractivity contribution in [1.29, 1.82) is 0 Å². The molecule has 0 atom stereocenters. The van der Waals surface area contributed by atoms with Crippen molar-refractivity contribution in [3.8, 4) is 0 Å². The molecule has 0 aliphatic carbocycles. The van der Waals surface area contributed by atoms with Crippen molar-refractivity contribution in [2.75, 3.05) is 6.54 Å². The lowest BCUT2D eigenvalue weighted by Gasteiger charge is -2.12. The quantitative estimate of drug-likeness (QED) is 0.657. The Balaban J connectivity index is 2.60. The van der Waals surface area contributed by atoms with Crippen LogP contribution in [0.15, 0.2) is 35.9 Å². The third-order valence-electron chi connectivity index (χ3n) is 3.01. The molecule has 1 nitrogen and oxygen atoms in total. The maximum Gasteiger partial charge on any atom is 0.0170 e. The van der Waals surface area contributed by atoms with Gasteiger partial charge in [-0.15, -0.1) is 0 Å². The lowest BCUT2D eigenvalue weighted by Crippen LogP contribution is -2.24. The van der Waals surface area contributed by atoms with Crippen molar-refractivity contribution in [1.82, 2.24) is 5.32 Å². The molecular weight excluding hydrogens is 218 g/mol. The number of hydrogen-bond acceptors (Lipinski definition) is 1. The molecule has 0 radical (unpaired) electrons. The summed E-state index contributed by atoms with van der Waals surface area (Å²) in [6.07, 6.45) is 7.46. The monoisotopic (exact) mass is 245 g/mol. The molecule has 0 unspecified atom stereocenters. The second-order valence-electron chi connectivity index (χ2n) is 5.21. The lowest BCUT2D eigenvalue weighted by molar-refractivity contribution is 0.604. The first-order valence-electron chi connectivity index (χ1n) is 7.20. The minimum absolute atomic E-state index is 0.551. The highest BCUT2D eigenvalue weighted by molar-refractivity contribution is 5.52. The van der Waals surface area contributed by atoms with E-state index in [9.17, 15) is 0 Å². The first-order chi connectivity index (χ1) is 8.72. The van der Waals surface area contributed by atoms with Gasteiger partial charge in [-0.25, -0.2) is 0 Å². The molecule has 0 aliphatic rings. The first-order valence-corrected chi connectivity index (χ1v) is 7.20. The van der Waals surface area contributed by atoms with Crippen molar-refractivity contribution in [3.05, 3.63) is 41.5 Å². The fourth-order valence-corrected chi connectivity index (χ4v) is 1.93. The molecule has 0 aromatic heterocycles. The lowest BCUT2D eigenvalue weighted by atomic mass is 10.0. The Morgan fingerprint density at radius 1 is 1.17 bits per heavy atom. The molecule has 0 saturated heterocycles. The van der Waals surface area contributed by atoms with Crippen LogP contribution in [0, 0.1) is 0 Å². The van der Waals surface area contributed by atoms with Crippen LogP contribution in [-0.2, 0) is 0 Å². The van der Waals surface area contributed by atoms with Crippen LogP contribution in [-0.4, -0.2) is 12.6 Å². The van der Waals surface area contributed by atoms with Gasteiger partial charge >= 0.3 is 0 Å². The zero-order valence-corrected chi connectivity index (χ0v) is 12.1. The zero-order chi connectivity index (χ0) is 13.2. The zero-order valence-electron chi connectivity index (χ0n) is 12.1. The molecule has 1 aromatic rings. The van der Waals surface area contributed by atoms with E-state index in [1.54, 1.807) is 0 Å². The van der Waals surface area contributed by atoms with Crippen LogP contribution in [0.4, 0.5) is 0 Å². The Morgan fingerprint density at radius 3 is 2.50 bits per heavy atom. The molecule has 100 valence electrons. The summed E-state index contributed by atoms with van der Waals surface area (Å²) >= 11 is 0. The average molecular weight is 245 g/mol. The predicted molar refractivity (Wildman–Crippen MR) is 81.7 cm³/mol. The summed E-state index contributed by atoms with van der Waals surface area (Å²) < 4.78 is 0. The summed E-state index contributed by atoms with van der Waals surface area (Å²) in [7, 11) is 0. The number of unbranched alkanes of at least 4 members (excludes halogenated alkanes) is 2. The Bertz CT molecular complexity index is 338. The smallest absolute Gasteiger partial charge is 0.0170 e. The van der Waals surface area contributed by atoms with Crippen molar-refractivity contribution in [3.63, 3.8) is 0 Å². The van der Waals surface area contributed by atoms with Crippen LogP contribution in [0.3, 0.4) is 0 Å². The van der Waals surface area contributed by atoms with E-state index < -0.39 is 0 Å². The first kappa shape index (κ1) is 15.0. The van der Waals surface area contributed by atoms with Crippen molar-refractivity contribution >= 4 is 6.08 Å². The molecule has 0 spiro atoms. The molecule has 0 fully saturated rings. The van der Waals surface area contributed by atoms with Gasteiger partial charge in [-0.3, -0.25) is 0 Å². The molecule has 1 N–H and O–H groups in total. The van der Waals surface area contributed by atoms with E-state index in [2.05, 4.69) is 62.5 Å². The molecule has 0 saturated carbocycles. The molecular formula is C17H27N. The largest absolute Gasteiger partial charge is 0.311 e. The Hall–Kier alpha value is -1.08. The number of benzene rings is 1. The number of nitrogens with one attached hydrogen (secondary N) is 1. The van der Waals surface area contributed by atoms with Gasteiger partial charge in [0, 0.05) is 12.6 Å². The van der Waals surface area contributed by atoms with Crippen molar-refractivity contribution in [2.24, 2.45) is 0 Å². The Kier molecular flexibility index (Phi) is 7.43. The van der Waals surface area contributed by atoms with Gasteiger partial charge in [-0.05, 0) is 18.4 Å². The molecule has 1 aromatic carbocycles. The molecule has 0 aliphatic heterocycles. The Labute approximate surface area is 112 Å². The molecule has 0 amide bonds. The minimum atomic E-state index is 0.551. The van der Waals surface area contributed by atoms with Gasteiger partial charge in [0.25, 0.3) is 0 Å². The van der Waals surface area contributed by atoms with Gasteiger partial charge in [0.05, 0.1) is 0 Å². The number of hydrogen-bond donors (Lipinski definition) is 1. The SMILES string of the molecule is CCCCC/C(=C\c1ccccc1)CNC(C)C. The third-order valence-corrected chi connectivity index (χ3v) is 3.01. The summed E-state index contributed by atoms with van der Waals surface area (Å²) in [6.45, 7) is 7.67. The highest BCUT2D eigenvalue weighted by Crippen LogP contribution is 2.13. The third kappa shape index (κ3) is 6.61. The fourth-order valence-electron chi connectivity index (χ4n) is 1.93. The molecule has 0 heterocycles. The summed E-state index contributed by atoms with van der Waals surface area (Å²) in [6, 6.07) is 11.2. The van der Waals surface area contributed by atoms with Crippen molar-refractivity contribution in [2.45, 2.75) is 52.5 Å². The topological polar surface area (TPSA) is 12.0 Å². The maximum absolute atomic E-state index is 3.52. The van der Waals surface area contributed by atoms with Crippen LogP contribution in [0.25, 0.3) is 6.08 Å². The van der Waals surface area contributed by atoms with Crippen LogP contribution in [0.1, 0.15) is 52.0 Å². The van der Waals surface area contributed by atoms with Gasteiger partial charge in [0.2, 0.25) is 0 Å². The van der Waals surface area contributed by atoms with Crippen LogP contribution in [0.2, 0.25) is 0 Å². The highest BCUT2D eigenvalue weighted by Gasteiger charge is 2.00. The highest BCUT2D eigenvalue weighted by atomic mass is 14.9. The van der Waals surface area contributed by atoms with Gasteiger partial charge < -0.3 is 5.32 Å². The molecule has 1 rings (SSSR count). The van der Waals surface area contributed by atoms with Crippen LogP contribution in [0.5, 0.6) is 0 Å². The van der Waals surface area contributed by atoms with Gasteiger partial charge in [-0.2, -0.15) is 0 Å². The van der Waals surface area contributed by atoms with E-state index in [0.29, 0.717) is 6.04 Å². The normalized spacial score (nSPS) is 12.1. The molecule has 1 heteroatoms. The molecule has 18 heavy (non-hydrogen) atoms. The summed E-state index contributed by atoms with van der Waals surface area (Å²) in [5.41, 5.74) is 2.83. The van der Waals surface area contributed by atoms with E-state index >= 15 is 0 Å².